The highest BCUT2D eigenvalue weighted by Gasteiger charge is 2.25. The first-order valence-corrected chi connectivity index (χ1v) is 34.8. The number of H-pyrrole nitrogens is 4. The molecule has 1 atom stereocenters. The van der Waals surface area contributed by atoms with E-state index < -0.39 is 17.1 Å². The topological polar surface area (TPSA) is 355 Å². The number of ether oxygens (including phenoxy) is 1. The van der Waals surface area contributed by atoms with Crippen molar-refractivity contribution in [1.82, 2.24) is 39.7 Å². The number of carbonyl (C=O) groups excluding carboxylic acids is 3. The number of nitrogens with zero attached hydrogens (tertiary/aromatic N) is 4. The summed E-state index contributed by atoms with van der Waals surface area (Å²) in [4.78, 5) is 69.3. The molecule has 1 aliphatic rings. The molecular formula is C69H84Cl4N15O6P. The summed E-state index contributed by atoms with van der Waals surface area (Å²) in [5.74, 6) is 13.2. The zero-order valence-electron chi connectivity index (χ0n) is 55.5. The summed E-state index contributed by atoms with van der Waals surface area (Å²) in [5.41, 5.74) is 38.6. The number of imidazole rings is 3. The molecule has 21 nitrogen and oxygen atoms in total. The third-order valence-corrected chi connectivity index (χ3v) is 16.1. The third-order valence-electron chi connectivity index (χ3n) is 15.9. The van der Waals surface area contributed by atoms with Crippen molar-refractivity contribution in [3.8, 4) is 5.95 Å². The highest BCUT2D eigenvalue weighted by atomic mass is 36.0. The van der Waals surface area contributed by atoms with Gasteiger partial charge in [-0.05, 0) is 244 Å². The lowest BCUT2D eigenvalue weighted by atomic mass is 9.96. The molecule has 0 bridgehead atoms. The van der Waals surface area contributed by atoms with Crippen molar-refractivity contribution in [2.45, 2.75) is 109 Å². The number of nitrogens with two attached hydrogens (primary N) is 5. The molecule has 11 aromatic rings. The number of ketones is 1. The molecular weight excluding hydrogens is 1310 g/mol. The van der Waals surface area contributed by atoms with E-state index in [-0.39, 0.29) is 17.2 Å². The zero-order chi connectivity index (χ0) is 70.6. The number of fused-ring (bicyclic) bond motifs is 4. The molecule has 1 aliphatic heterocycles. The van der Waals surface area contributed by atoms with E-state index in [4.69, 9.17) is 33.6 Å². The molecule has 26 heteroatoms. The Balaban J connectivity index is 0.000000208. The van der Waals surface area contributed by atoms with Crippen LogP contribution in [0, 0.1) is 82.1 Å². The van der Waals surface area contributed by atoms with Gasteiger partial charge in [0, 0.05) is 23.4 Å². The maximum Gasteiger partial charge on any atom is 0.339 e. The minimum absolute atomic E-state index is 0.0604. The van der Waals surface area contributed by atoms with Crippen LogP contribution in [-0.2, 0) is 42.9 Å². The van der Waals surface area contributed by atoms with Gasteiger partial charge in [0.1, 0.15) is 11.7 Å². The van der Waals surface area contributed by atoms with E-state index in [0.717, 1.165) is 72.3 Å². The number of anilines is 4. The summed E-state index contributed by atoms with van der Waals surface area (Å²) >= 11 is 19.6. The second-order valence-corrected chi connectivity index (χ2v) is 29.3. The number of esters is 1. The zero-order valence-corrected chi connectivity index (χ0v) is 59.5. The van der Waals surface area contributed by atoms with E-state index in [0.29, 0.717) is 54.4 Å². The van der Waals surface area contributed by atoms with Crippen LogP contribution in [0.4, 0.5) is 23.0 Å². The molecule has 1 amide bonds. The van der Waals surface area contributed by atoms with Crippen LogP contribution in [0.5, 0.6) is 0 Å². The molecule has 5 heterocycles. The summed E-state index contributed by atoms with van der Waals surface area (Å²) in [6, 6.07) is 39.5. The Morgan fingerprint density at radius 3 is 1.61 bits per heavy atom. The maximum absolute atomic E-state index is 12.9. The first-order valence-electron chi connectivity index (χ1n) is 30.0. The van der Waals surface area contributed by atoms with Crippen molar-refractivity contribution in [2.75, 3.05) is 28.8 Å². The standard InChI is InChI=1S/C20H20N4O.C13H16O3.C10H11NO.C9H9ClN2.C9H12N4.C8H12N2.Cl3OP.H4N2/c1-12-9-10-17-18(13(12)2)22-20(21-17)24-19(25)16(14(3)23-24)11-15-7-5-4-6-8-15;1-3-16-13(15)12(10(2)14)9-11-7-5-4-6-8-11;1-6-3-4-9-8(7(6)2)5-10(12)11-9;1-5-3-4-7-8(6(5)2)12-9(10)11-7;1-5-3-4-7-8(6(5)2)12-9(11-7)13-10;1-5-3-4-7(9)8(10)6(5)2;1-5(2,3)4;1-2/h4-10,23H,11H2,1-3H3,(H,21,22);4-8,12H,3,9H2,1-2H3;3-4H,5H2,1-2H3,(H,11,12);3-4H,1-2H3,(H,11,12);3-4H,10H2,1-2H3,(H2,11,12,13);3-4H,9-10H2,1-2H3;;1-2H2. The second kappa shape index (κ2) is 35.7. The highest BCUT2D eigenvalue weighted by Crippen LogP contribution is 2.61. The predicted molar refractivity (Wildman–Crippen MR) is 391 cm³/mol. The van der Waals surface area contributed by atoms with Gasteiger partial charge in [0.2, 0.25) is 23.1 Å². The van der Waals surface area contributed by atoms with E-state index in [9.17, 15) is 23.7 Å². The fraction of sp³-hybridized carbons (Fsp3) is 0.261. The minimum Gasteiger partial charge on any atom is -0.465 e. The van der Waals surface area contributed by atoms with Crippen molar-refractivity contribution < 1.29 is 23.7 Å². The number of nitrogens with one attached hydrogen (secondary N) is 6. The number of hydrazine groups is 2. The van der Waals surface area contributed by atoms with Gasteiger partial charge in [-0.25, -0.2) is 20.8 Å². The summed E-state index contributed by atoms with van der Waals surface area (Å²) in [6.45, 7) is 25.9. The highest BCUT2D eigenvalue weighted by molar-refractivity contribution is 8.24. The summed E-state index contributed by atoms with van der Waals surface area (Å²) in [6.07, 6.45) is 1.56. The van der Waals surface area contributed by atoms with E-state index in [1.54, 1.807) is 6.92 Å². The number of aromatic amines is 4. The Morgan fingerprint density at radius 1 is 0.632 bits per heavy atom. The van der Waals surface area contributed by atoms with Crippen LogP contribution in [0.2, 0.25) is 5.28 Å². The van der Waals surface area contributed by atoms with Gasteiger partial charge in [-0.1, -0.05) is 91.0 Å². The lowest BCUT2D eigenvalue weighted by molar-refractivity contribution is -0.151. The Morgan fingerprint density at radius 2 is 1.09 bits per heavy atom. The molecule has 4 aromatic heterocycles. The predicted octanol–water partition coefficient (Wildman–Crippen LogP) is 14.7. The average molecular weight is 1390 g/mol. The molecule has 0 saturated carbocycles. The van der Waals surface area contributed by atoms with Crippen LogP contribution in [0.1, 0.15) is 97.4 Å². The van der Waals surface area contributed by atoms with E-state index in [1.807, 2.05) is 131 Å². The van der Waals surface area contributed by atoms with Gasteiger partial charge in [-0.3, -0.25) is 46.0 Å². The number of carbonyl (C=O) groups is 3. The van der Waals surface area contributed by atoms with Gasteiger partial charge < -0.3 is 36.5 Å². The Hall–Kier alpha value is -8.76. The number of hydrogen-bond donors (Lipinski definition) is 11. The Bertz CT molecular complexity index is 4510. The van der Waals surface area contributed by atoms with Crippen LogP contribution < -0.4 is 45.3 Å². The first kappa shape index (κ1) is 76.9. The fourth-order valence-corrected chi connectivity index (χ4v) is 9.91. The molecule has 7 aromatic carbocycles. The van der Waals surface area contributed by atoms with E-state index >= 15 is 0 Å². The number of aromatic nitrogens is 8. The molecule has 504 valence electrons. The number of hydrogen-bond acceptors (Lipinski definition) is 15. The number of halogens is 4. The van der Waals surface area contributed by atoms with Gasteiger partial charge in [0.25, 0.3) is 5.56 Å². The fourth-order valence-electron chi connectivity index (χ4n) is 9.73. The first-order chi connectivity index (χ1) is 44.9. The van der Waals surface area contributed by atoms with Gasteiger partial charge in [-0.15, -0.1) is 0 Å². The molecule has 16 N–H and O–H groups in total. The number of aryl methyl sites for hydroxylation is 9. The molecule has 12 rings (SSSR count). The number of Topliss-reactive ketones (excluding diaryl/α,β-unsaturated/α-hetero) is 1. The monoisotopic (exact) mass is 1390 g/mol. The van der Waals surface area contributed by atoms with Crippen molar-refractivity contribution in [3.63, 3.8) is 0 Å². The third kappa shape index (κ3) is 21.6. The van der Waals surface area contributed by atoms with Crippen molar-refractivity contribution in [1.29, 1.82) is 0 Å². The number of nitrogen functional groups attached to an aromatic ring is 3. The molecule has 0 spiro atoms. The average Bonchev–Trinajstić information content (AvgIpc) is 1.64. The van der Waals surface area contributed by atoms with E-state index in [1.165, 1.54) is 61.7 Å². The van der Waals surface area contributed by atoms with Crippen LogP contribution in [0.25, 0.3) is 39.0 Å². The number of amides is 1. The maximum atomic E-state index is 12.9. The summed E-state index contributed by atoms with van der Waals surface area (Å²) in [7, 11) is 0. The Kier molecular flexibility index (Phi) is 28.9. The molecule has 1 unspecified atom stereocenters. The number of benzene rings is 7. The van der Waals surface area contributed by atoms with Crippen molar-refractivity contribution in [3.05, 3.63) is 221 Å². The molecule has 0 radical (unpaired) electrons. The minimum atomic E-state index is -3.22. The lowest BCUT2D eigenvalue weighted by Gasteiger charge is -2.12. The molecule has 0 fully saturated rings. The quantitative estimate of drug-likeness (QED) is 0.0160. The van der Waals surface area contributed by atoms with Crippen LogP contribution >= 0.6 is 50.5 Å². The van der Waals surface area contributed by atoms with Crippen LogP contribution in [-0.4, -0.2) is 64.0 Å². The van der Waals surface area contributed by atoms with Gasteiger partial charge >= 0.3 is 11.2 Å². The molecule has 0 aliphatic carbocycles. The SMILES string of the molecule is CCOC(=O)C(Cc1ccccc1)C(C)=O.Cc1ccc(N)c(N)c1C.Cc1ccc2[nH]c(-n3[nH]c(C)c(Cc4ccccc4)c3=O)nc2c1C.Cc1ccc2[nH]c(Cl)nc2c1C.Cc1ccc2[nH]c(NN)nc2c1C.Cc1ccc2c(c1C)CC(=O)N2.NN.O=P(Cl)(Cl)Cl. The normalized spacial score (nSPS) is 11.3. The van der Waals surface area contributed by atoms with Crippen molar-refractivity contribution in [2.24, 2.45) is 23.4 Å². The number of rotatable bonds is 9. The van der Waals surface area contributed by atoms with Gasteiger partial charge in [-0.2, -0.15) is 4.68 Å². The van der Waals surface area contributed by atoms with Crippen LogP contribution in [0.3, 0.4) is 0 Å². The van der Waals surface area contributed by atoms with Gasteiger partial charge in [0.15, 0.2) is 0 Å². The smallest absolute Gasteiger partial charge is 0.339 e. The lowest BCUT2D eigenvalue weighted by Crippen LogP contribution is -2.26. The van der Waals surface area contributed by atoms with E-state index in [2.05, 4.69) is 158 Å². The van der Waals surface area contributed by atoms with Crippen LogP contribution in [0.15, 0.2) is 126 Å². The van der Waals surface area contributed by atoms with Gasteiger partial charge in [0.05, 0.1) is 57.5 Å². The summed E-state index contributed by atoms with van der Waals surface area (Å²) in [5, 5.41) is 3.22. The molecule has 95 heavy (non-hydrogen) atoms. The summed E-state index contributed by atoms with van der Waals surface area (Å²) < 4.78 is 15.9. The largest absolute Gasteiger partial charge is 0.465 e. The Labute approximate surface area is 572 Å². The second-order valence-electron chi connectivity index (χ2n) is 22.3. The molecule has 0 saturated heterocycles. The van der Waals surface area contributed by atoms with Crippen molar-refractivity contribution >= 4 is 124 Å².